The monoisotopic (exact) mass is 373 g/mol. The van der Waals surface area contributed by atoms with Crippen LogP contribution in [-0.4, -0.2) is 59.7 Å². The highest BCUT2D eigenvalue weighted by molar-refractivity contribution is 7.96. The Morgan fingerprint density at radius 3 is 2.20 bits per heavy atom. The van der Waals surface area contributed by atoms with Gasteiger partial charge < -0.3 is 4.90 Å². The van der Waals surface area contributed by atoms with Gasteiger partial charge in [0.15, 0.2) is 0 Å². The number of piperidine rings is 1. The fourth-order valence-electron chi connectivity index (χ4n) is 3.56. The van der Waals surface area contributed by atoms with Crippen LogP contribution in [0.2, 0.25) is 0 Å². The summed E-state index contributed by atoms with van der Waals surface area (Å²) in [6.07, 6.45) is 11.1. The van der Waals surface area contributed by atoms with Crippen molar-refractivity contribution in [3.63, 3.8) is 0 Å². The average molecular weight is 374 g/mol. The van der Waals surface area contributed by atoms with Crippen molar-refractivity contribution in [3.05, 3.63) is 0 Å². The van der Waals surface area contributed by atoms with Crippen LogP contribution >= 0.6 is 11.9 Å². The molecule has 1 saturated heterocycles. The van der Waals surface area contributed by atoms with E-state index in [0.29, 0.717) is 5.92 Å². The molecule has 7 heteroatoms. The summed E-state index contributed by atoms with van der Waals surface area (Å²) in [6.45, 7) is 1.64. The molecule has 1 aliphatic heterocycles. The molecule has 2 fully saturated rings. The van der Waals surface area contributed by atoms with Crippen molar-refractivity contribution in [1.82, 2.24) is 14.7 Å². The van der Waals surface area contributed by atoms with Gasteiger partial charge in [-0.2, -0.15) is 0 Å². The Morgan fingerprint density at radius 2 is 1.72 bits per heavy atom. The third-order valence-electron chi connectivity index (χ3n) is 5.03. The van der Waals surface area contributed by atoms with E-state index >= 15 is 0 Å². The largest absolute Gasteiger partial charge is 0.342 e. The molecule has 1 atom stereocenters. The maximum atomic E-state index is 12.6. The van der Waals surface area contributed by atoms with Crippen molar-refractivity contribution in [1.29, 1.82) is 0 Å². The van der Waals surface area contributed by atoms with Gasteiger partial charge in [0.25, 0.3) is 0 Å². The summed E-state index contributed by atoms with van der Waals surface area (Å²) in [6, 6.07) is 0. The van der Waals surface area contributed by atoms with Gasteiger partial charge >= 0.3 is 0 Å². The molecule has 2 rings (SSSR count). The minimum Gasteiger partial charge on any atom is -0.342 e. The number of carbonyl (C=O) groups excluding carboxylic acids is 2. The average Bonchev–Trinajstić information content (AvgIpc) is 3.14. The SMILES string of the molecule is CSN(C)C.O=C(C[C@@H](CC1CCCC1)C(=O)N1CCCCC1)NO. The van der Waals surface area contributed by atoms with Crippen molar-refractivity contribution < 1.29 is 14.8 Å². The van der Waals surface area contributed by atoms with Crippen molar-refractivity contribution in [2.45, 2.75) is 57.8 Å². The van der Waals surface area contributed by atoms with Crippen LogP contribution < -0.4 is 5.48 Å². The number of hydroxylamine groups is 1. The summed E-state index contributed by atoms with van der Waals surface area (Å²) >= 11 is 1.71. The molecular weight excluding hydrogens is 338 g/mol. The molecule has 25 heavy (non-hydrogen) atoms. The van der Waals surface area contributed by atoms with E-state index in [1.165, 1.54) is 32.1 Å². The van der Waals surface area contributed by atoms with Crippen molar-refractivity contribution in [2.24, 2.45) is 11.8 Å². The highest BCUT2D eigenvalue weighted by Gasteiger charge is 2.30. The molecule has 0 bridgehead atoms. The van der Waals surface area contributed by atoms with Crippen LogP contribution in [0.4, 0.5) is 0 Å². The zero-order valence-electron chi connectivity index (χ0n) is 16.0. The molecular formula is C18H35N3O3S. The Hall–Kier alpha value is -0.790. The molecule has 0 aromatic rings. The first-order chi connectivity index (χ1) is 12.0. The van der Waals surface area contributed by atoms with E-state index < -0.39 is 5.91 Å². The van der Waals surface area contributed by atoms with E-state index in [4.69, 9.17) is 5.21 Å². The lowest BCUT2D eigenvalue weighted by Crippen LogP contribution is -2.41. The third-order valence-corrected chi connectivity index (χ3v) is 5.76. The Morgan fingerprint density at radius 1 is 1.16 bits per heavy atom. The summed E-state index contributed by atoms with van der Waals surface area (Å²) in [5.74, 6) is -0.0258. The van der Waals surface area contributed by atoms with Crippen molar-refractivity contribution >= 4 is 23.8 Å². The second-order valence-electron chi connectivity index (χ2n) is 7.20. The molecule has 0 radical (unpaired) electrons. The van der Waals surface area contributed by atoms with Gasteiger partial charge in [0, 0.05) is 25.4 Å². The molecule has 2 amide bonds. The summed E-state index contributed by atoms with van der Waals surface area (Å²) in [5.41, 5.74) is 1.67. The van der Waals surface area contributed by atoms with Crippen LogP contribution in [0.25, 0.3) is 0 Å². The summed E-state index contributed by atoms with van der Waals surface area (Å²) in [5, 5.41) is 8.71. The van der Waals surface area contributed by atoms with Gasteiger partial charge in [-0.3, -0.25) is 19.1 Å². The number of nitrogens with zero attached hydrogens (tertiary/aromatic N) is 2. The standard InChI is InChI=1S/C15H26N2O3.C3H9NS/c18-14(16-20)11-13(10-12-6-2-3-7-12)15(19)17-8-4-1-5-9-17;1-4(2)5-3/h12-13,20H,1-11H2,(H,16,18);1-3H3/t13-;/m1./s1. The molecule has 1 saturated carbocycles. The molecule has 6 nitrogen and oxygen atoms in total. The fourth-order valence-corrected chi connectivity index (χ4v) is 3.56. The first-order valence-electron chi connectivity index (χ1n) is 9.41. The van der Waals surface area contributed by atoms with Gasteiger partial charge in [-0.1, -0.05) is 37.6 Å². The zero-order valence-corrected chi connectivity index (χ0v) is 16.8. The normalized spacial score (nSPS) is 19.3. The quantitative estimate of drug-likeness (QED) is 0.425. The maximum Gasteiger partial charge on any atom is 0.244 e. The minimum absolute atomic E-state index is 0.111. The van der Waals surface area contributed by atoms with Crippen LogP contribution in [0.15, 0.2) is 0 Å². The van der Waals surface area contributed by atoms with Crippen LogP contribution in [0, 0.1) is 11.8 Å². The van der Waals surface area contributed by atoms with Crippen LogP contribution in [0.3, 0.4) is 0 Å². The fraction of sp³-hybridized carbons (Fsp3) is 0.889. The molecule has 1 aliphatic carbocycles. The lowest BCUT2D eigenvalue weighted by Gasteiger charge is -2.31. The number of hydrogen-bond acceptors (Lipinski definition) is 5. The lowest BCUT2D eigenvalue weighted by molar-refractivity contribution is -0.141. The van der Waals surface area contributed by atoms with E-state index in [9.17, 15) is 9.59 Å². The summed E-state index contributed by atoms with van der Waals surface area (Å²) in [7, 11) is 4.04. The van der Waals surface area contributed by atoms with Gasteiger partial charge in [-0.05, 0) is 52.0 Å². The number of hydrogen-bond donors (Lipinski definition) is 2. The maximum absolute atomic E-state index is 12.6. The Labute approximate surface area is 156 Å². The van der Waals surface area contributed by atoms with Crippen molar-refractivity contribution in [3.8, 4) is 0 Å². The highest BCUT2D eigenvalue weighted by atomic mass is 32.2. The van der Waals surface area contributed by atoms with Crippen LogP contribution in [0.1, 0.15) is 57.8 Å². The second kappa shape index (κ2) is 12.5. The number of likely N-dealkylation sites (tertiary alicyclic amines) is 1. The molecule has 0 aromatic carbocycles. The number of rotatable bonds is 6. The molecule has 0 aromatic heterocycles. The van der Waals surface area contributed by atoms with Gasteiger partial charge in [0.2, 0.25) is 11.8 Å². The Kier molecular flexibility index (Phi) is 11.2. The molecule has 1 heterocycles. The smallest absolute Gasteiger partial charge is 0.244 e. The van der Waals surface area contributed by atoms with E-state index in [-0.39, 0.29) is 18.2 Å². The topological polar surface area (TPSA) is 72.9 Å². The van der Waals surface area contributed by atoms with E-state index in [0.717, 1.165) is 32.4 Å². The second-order valence-corrected chi connectivity index (χ2v) is 8.30. The molecule has 2 N–H and O–H groups in total. The first kappa shape index (κ1) is 22.3. The molecule has 0 unspecified atom stereocenters. The van der Waals surface area contributed by atoms with E-state index in [1.807, 2.05) is 29.6 Å². The number of amides is 2. The third kappa shape index (κ3) is 8.92. The van der Waals surface area contributed by atoms with Gasteiger partial charge in [0.05, 0.1) is 0 Å². The molecule has 146 valence electrons. The predicted octanol–water partition coefficient (Wildman–Crippen LogP) is 2.92. The van der Waals surface area contributed by atoms with E-state index in [2.05, 4.69) is 0 Å². The molecule has 2 aliphatic rings. The first-order valence-corrected chi connectivity index (χ1v) is 10.6. The number of carbonyl (C=O) groups is 2. The van der Waals surface area contributed by atoms with Crippen molar-refractivity contribution in [2.75, 3.05) is 33.4 Å². The predicted molar refractivity (Wildman–Crippen MR) is 102 cm³/mol. The Balaban J connectivity index is 0.000000550. The summed E-state index contributed by atoms with van der Waals surface area (Å²) < 4.78 is 2.04. The van der Waals surface area contributed by atoms with E-state index in [1.54, 1.807) is 17.4 Å². The van der Waals surface area contributed by atoms with Gasteiger partial charge in [-0.15, -0.1) is 0 Å². The lowest BCUT2D eigenvalue weighted by atomic mass is 9.89. The van der Waals surface area contributed by atoms with Gasteiger partial charge in [-0.25, -0.2) is 5.48 Å². The number of nitrogens with one attached hydrogen (secondary N) is 1. The van der Waals surface area contributed by atoms with Crippen LogP contribution in [-0.2, 0) is 9.59 Å². The zero-order chi connectivity index (χ0) is 18.7. The Bertz CT molecular complexity index is 395. The summed E-state index contributed by atoms with van der Waals surface area (Å²) in [4.78, 5) is 26.0. The van der Waals surface area contributed by atoms with Crippen LogP contribution in [0.5, 0.6) is 0 Å². The minimum atomic E-state index is -0.446. The highest BCUT2D eigenvalue weighted by Crippen LogP contribution is 2.32. The molecule has 0 spiro atoms. The van der Waals surface area contributed by atoms with Gasteiger partial charge in [0.1, 0.15) is 0 Å².